The number of hydrogen-bond acceptors (Lipinski definition) is 2. The van der Waals surface area contributed by atoms with E-state index in [0.717, 1.165) is 22.4 Å². The lowest BCUT2D eigenvalue weighted by Crippen LogP contribution is -2.05. The Balaban J connectivity index is 2.41. The van der Waals surface area contributed by atoms with E-state index in [2.05, 4.69) is 13.0 Å². The molecule has 0 aliphatic heterocycles. The summed E-state index contributed by atoms with van der Waals surface area (Å²) in [4.78, 5) is 12.6. The topological polar surface area (TPSA) is 26.3 Å². The molecule has 0 aliphatic rings. The average Bonchev–Trinajstić information content (AvgIpc) is 2.43. The van der Waals surface area contributed by atoms with Crippen LogP contribution in [0.2, 0.25) is 0 Å². The van der Waals surface area contributed by atoms with Crippen LogP contribution in [0, 0.1) is 20.8 Å². The van der Waals surface area contributed by atoms with Gasteiger partial charge < -0.3 is 4.74 Å². The van der Waals surface area contributed by atoms with Gasteiger partial charge in [-0.1, -0.05) is 18.2 Å². The molecule has 0 aliphatic carbocycles. The third-order valence-electron chi connectivity index (χ3n) is 3.49. The maximum Gasteiger partial charge on any atom is 0.193 e. The highest BCUT2D eigenvalue weighted by molar-refractivity contribution is 6.10. The first-order valence-corrected chi connectivity index (χ1v) is 6.88. The molecule has 2 heteroatoms. The highest BCUT2D eigenvalue weighted by Crippen LogP contribution is 2.21. The van der Waals surface area contributed by atoms with Crippen LogP contribution >= 0.6 is 0 Å². The standard InChI is InChI=1S/C18H20O2/c1-5-20-16-8-6-7-15(11-16)18(19)17-10-13(3)12(2)9-14(17)4/h6-11H,5H2,1-4H3. The van der Waals surface area contributed by atoms with Crippen molar-refractivity contribution in [3.05, 3.63) is 64.2 Å². The van der Waals surface area contributed by atoms with E-state index in [4.69, 9.17) is 4.74 Å². The normalized spacial score (nSPS) is 10.4. The van der Waals surface area contributed by atoms with Crippen LogP contribution in [0.5, 0.6) is 5.75 Å². The third-order valence-corrected chi connectivity index (χ3v) is 3.49. The molecule has 0 fully saturated rings. The van der Waals surface area contributed by atoms with E-state index in [9.17, 15) is 4.79 Å². The summed E-state index contributed by atoms with van der Waals surface area (Å²) in [5, 5.41) is 0. The van der Waals surface area contributed by atoms with E-state index in [1.807, 2.05) is 45.0 Å². The molecule has 0 saturated heterocycles. The lowest BCUT2D eigenvalue weighted by atomic mass is 9.95. The molecule has 0 bridgehead atoms. The van der Waals surface area contributed by atoms with Crippen LogP contribution in [0.15, 0.2) is 36.4 Å². The van der Waals surface area contributed by atoms with Crippen molar-refractivity contribution in [3.63, 3.8) is 0 Å². The quantitative estimate of drug-likeness (QED) is 0.775. The second kappa shape index (κ2) is 5.91. The molecule has 0 radical (unpaired) electrons. The summed E-state index contributed by atoms with van der Waals surface area (Å²) in [5.41, 5.74) is 4.80. The van der Waals surface area contributed by atoms with Gasteiger partial charge in [-0.2, -0.15) is 0 Å². The minimum atomic E-state index is 0.0483. The number of benzene rings is 2. The molecule has 0 amide bonds. The van der Waals surface area contributed by atoms with Crippen molar-refractivity contribution in [1.29, 1.82) is 0 Å². The van der Waals surface area contributed by atoms with Gasteiger partial charge in [-0.15, -0.1) is 0 Å². The molecule has 0 N–H and O–H groups in total. The van der Waals surface area contributed by atoms with Crippen LogP contribution < -0.4 is 4.74 Å². The highest BCUT2D eigenvalue weighted by Gasteiger charge is 2.13. The Labute approximate surface area is 120 Å². The van der Waals surface area contributed by atoms with Crippen molar-refractivity contribution in [2.75, 3.05) is 6.61 Å². The van der Waals surface area contributed by atoms with E-state index in [0.29, 0.717) is 12.2 Å². The van der Waals surface area contributed by atoms with Gasteiger partial charge in [0.1, 0.15) is 5.75 Å². The Morgan fingerprint density at radius 2 is 1.70 bits per heavy atom. The van der Waals surface area contributed by atoms with Crippen molar-refractivity contribution in [2.24, 2.45) is 0 Å². The zero-order valence-electron chi connectivity index (χ0n) is 12.5. The lowest BCUT2D eigenvalue weighted by Gasteiger charge is -2.10. The Morgan fingerprint density at radius 3 is 2.40 bits per heavy atom. The first-order valence-electron chi connectivity index (χ1n) is 6.88. The van der Waals surface area contributed by atoms with Crippen LogP contribution in [0.1, 0.15) is 39.5 Å². The summed E-state index contributed by atoms with van der Waals surface area (Å²) in [5.74, 6) is 0.784. The van der Waals surface area contributed by atoms with Gasteiger partial charge in [0.05, 0.1) is 6.61 Å². The number of carbonyl (C=O) groups is 1. The summed E-state index contributed by atoms with van der Waals surface area (Å²) in [7, 11) is 0. The van der Waals surface area contributed by atoms with Gasteiger partial charge in [0, 0.05) is 11.1 Å². The molecule has 2 aromatic rings. The molecule has 20 heavy (non-hydrogen) atoms. The van der Waals surface area contributed by atoms with Crippen molar-refractivity contribution in [1.82, 2.24) is 0 Å². The molecule has 2 rings (SSSR count). The second-order valence-electron chi connectivity index (χ2n) is 5.04. The zero-order valence-corrected chi connectivity index (χ0v) is 12.5. The number of ether oxygens (including phenoxy) is 1. The number of rotatable bonds is 4. The van der Waals surface area contributed by atoms with E-state index < -0.39 is 0 Å². The summed E-state index contributed by atoms with van der Waals surface area (Å²) >= 11 is 0. The molecule has 0 spiro atoms. The predicted octanol–water partition coefficient (Wildman–Crippen LogP) is 4.24. The first kappa shape index (κ1) is 14.3. The largest absolute Gasteiger partial charge is 0.494 e. The number of hydrogen-bond donors (Lipinski definition) is 0. The summed E-state index contributed by atoms with van der Waals surface area (Å²) < 4.78 is 5.45. The Hall–Kier alpha value is -2.09. The predicted molar refractivity (Wildman–Crippen MR) is 81.7 cm³/mol. The molecule has 0 saturated carbocycles. The molecular formula is C18H20O2. The minimum absolute atomic E-state index is 0.0483. The molecule has 104 valence electrons. The number of ketones is 1. The number of carbonyl (C=O) groups excluding carboxylic acids is 1. The summed E-state index contributed by atoms with van der Waals surface area (Å²) in [6.45, 7) is 8.60. The molecule has 0 atom stereocenters. The zero-order chi connectivity index (χ0) is 14.7. The monoisotopic (exact) mass is 268 g/mol. The van der Waals surface area contributed by atoms with Gasteiger partial charge in [0.25, 0.3) is 0 Å². The first-order chi connectivity index (χ1) is 9.52. The molecule has 2 nitrogen and oxygen atoms in total. The Kier molecular flexibility index (Phi) is 4.23. The summed E-state index contributed by atoms with van der Waals surface area (Å²) in [6, 6.07) is 11.4. The number of aryl methyl sites for hydroxylation is 3. The van der Waals surface area contributed by atoms with Crippen LogP contribution in [-0.4, -0.2) is 12.4 Å². The van der Waals surface area contributed by atoms with Crippen molar-refractivity contribution >= 4 is 5.78 Å². The fourth-order valence-electron chi connectivity index (χ4n) is 2.25. The maximum atomic E-state index is 12.6. The van der Waals surface area contributed by atoms with E-state index >= 15 is 0 Å². The summed E-state index contributed by atoms with van der Waals surface area (Å²) in [6.07, 6.45) is 0. The molecule has 0 aromatic heterocycles. The minimum Gasteiger partial charge on any atom is -0.494 e. The maximum absolute atomic E-state index is 12.6. The lowest BCUT2D eigenvalue weighted by molar-refractivity contribution is 0.103. The smallest absolute Gasteiger partial charge is 0.193 e. The fraction of sp³-hybridized carbons (Fsp3) is 0.278. The Morgan fingerprint density at radius 1 is 1.00 bits per heavy atom. The van der Waals surface area contributed by atoms with Crippen molar-refractivity contribution < 1.29 is 9.53 Å². The van der Waals surface area contributed by atoms with Crippen LogP contribution in [0.25, 0.3) is 0 Å². The second-order valence-corrected chi connectivity index (χ2v) is 5.04. The van der Waals surface area contributed by atoms with Crippen LogP contribution in [0.4, 0.5) is 0 Å². The van der Waals surface area contributed by atoms with Gasteiger partial charge in [-0.25, -0.2) is 0 Å². The van der Waals surface area contributed by atoms with E-state index in [-0.39, 0.29) is 5.78 Å². The van der Waals surface area contributed by atoms with Gasteiger partial charge in [0.2, 0.25) is 0 Å². The van der Waals surface area contributed by atoms with Crippen LogP contribution in [-0.2, 0) is 0 Å². The van der Waals surface area contributed by atoms with Crippen LogP contribution in [0.3, 0.4) is 0 Å². The van der Waals surface area contributed by atoms with Crippen molar-refractivity contribution in [2.45, 2.75) is 27.7 Å². The van der Waals surface area contributed by atoms with Gasteiger partial charge in [-0.3, -0.25) is 4.79 Å². The molecule has 0 unspecified atom stereocenters. The average molecular weight is 268 g/mol. The van der Waals surface area contributed by atoms with Crippen molar-refractivity contribution in [3.8, 4) is 5.75 Å². The van der Waals surface area contributed by atoms with Gasteiger partial charge in [-0.05, 0) is 62.6 Å². The molecule has 2 aromatic carbocycles. The third kappa shape index (κ3) is 2.90. The van der Waals surface area contributed by atoms with E-state index in [1.165, 1.54) is 5.56 Å². The molecule has 0 heterocycles. The SMILES string of the molecule is CCOc1cccc(C(=O)c2cc(C)c(C)cc2C)c1. The van der Waals surface area contributed by atoms with Gasteiger partial charge >= 0.3 is 0 Å². The van der Waals surface area contributed by atoms with E-state index in [1.54, 1.807) is 6.07 Å². The highest BCUT2D eigenvalue weighted by atomic mass is 16.5. The fourth-order valence-corrected chi connectivity index (χ4v) is 2.25. The Bertz CT molecular complexity index is 642. The van der Waals surface area contributed by atoms with Gasteiger partial charge in [0.15, 0.2) is 5.78 Å². The molecular weight excluding hydrogens is 248 g/mol.